The zero-order valence-corrected chi connectivity index (χ0v) is 11.5. The zero-order chi connectivity index (χ0) is 14.7. The highest BCUT2D eigenvalue weighted by Crippen LogP contribution is 2.27. The Kier molecular flexibility index (Phi) is 3.69. The lowest BCUT2D eigenvalue weighted by Gasteiger charge is -2.11. The Morgan fingerprint density at radius 3 is 2.62 bits per heavy atom. The number of nitrogens with one attached hydrogen (secondary N) is 1. The van der Waals surface area contributed by atoms with Crippen molar-refractivity contribution >= 4 is 22.1 Å². The van der Waals surface area contributed by atoms with E-state index in [2.05, 4.69) is 10.3 Å². The minimum atomic E-state index is -0.206. The summed E-state index contributed by atoms with van der Waals surface area (Å²) in [6.45, 7) is 0.763. The maximum Gasteiger partial charge on any atom is 0.123 e. The number of aromatic nitrogens is 1. The van der Waals surface area contributed by atoms with E-state index in [0.717, 1.165) is 40.7 Å². The largest absolute Gasteiger partial charge is 0.398 e. The molecule has 1 heterocycles. The Bertz CT molecular complexity index is 754. The van der Waals surface area contributed by atoms with Crippen molar-refractivity contribution in [2.75, 3.05) is 17.6 Å². The van der Waals surface area contributed by atoms with Crippen LogP contribution in [0.5, 0.6) is 0 Å². The quantitative estimate of drug-likeness (QED) is 0.718. The van der Waals surface area contributed by atoms with Gasteiger partial charge in [-0.05, 0) is 42.3 Å². The third kappa shape index (κ3) is 2.94. The van der Waals surface area contributed by atoms with Crippen LogP contribution in [0.25, 0.3) is 10.8 Å². The first kappa shape index (κ1) is 13.4. The molecule has 0 radical (unpaired) electrons. The normalized spacial score (nSPS) is 10.7. The maximum absolute atomic E-state index is 12.9. The van der Waals surface area contributed by atoms with Crippen molar-refractivity contribution in [3.63, 3.8) is 0 Å². The number of benzene rings is 2. The second kappa shape index (κ2) is 5.79. The first-order valence-corrected chi connectivity index (χ1v) is 6.84. The summed E-state index contributed by atoms with van der Waals surface area (Å²) in [5, 5.41) is 5.40. The number of nitrogen functional groups attached to an aromatic ring is 1. The minimum Gasteiger partial charge on any atom is -0.398 e. The van der Waals surface area contributed by atoms with Crippen LogP contribution in [0.1, 0.15) is 5.56 Å². The van der Waals surface area contributed by atoms with E-state index in [-0.39, 0.29) is 5.82 Å². The number of nitrogens with zero attached hydrogens (tertiary/aromatic N) is 1. The molecule has 0 aliphatic heterocycles. The van der Waals surface area contributed by atoms with Crippen molar-refractivity contribution in [2.45, 2.75) is 6.42 Å². The molecule has 0 unspecified atom stereocenters. The lowest BCUT2D eigenvalue weighted by molar-refractivity contribution is 0.627. The van der Waals surface area contributed by atoms with E-state index in [4.69, 9.17) is 5.73 Å². The van der Waals surface area contributed by atoms with E-state index in [1.807, 2.05) is 24.4 Å². The average Bonchev–Trinajstić information content (AvgIpc) is 2.52. The van der Waals surface area contributed by atoms with Crippen molar-refractivity contribution in [2.24, 2.45) is 0 Å². The number of hydrogen-bond donors (Lipinski definition) is 2. The first-order valence-electron chi connectivity index (χ1n) is 6.84. The van der Waals surface area contributed by atoms with Crippen LogP contribution in [0.15, 0.2) is 54.9 Å². The predicted molar refractivity (Wildman–Crippen MR) is 84.7 cm³/mol. The third-order valence-electron chi connectivity index (χ3n) is 3.49. The molecule has 0 spiro atoms. The summed E-state index contributed by atoms with van der Waals surface area (Å²) in [5.74, 6) is -0.206. The topological polar surface area (TPSA) is 50.9 Å². The highest BCUT2D eigenvalue weighted by molar-refractivity contribution is 6.00. The molecule has 4 heteroatoms. The molecule has 3 nitrogen and oxygen atoms in total. The predicted octanol–water partition coefficient (Wildman–Crippen LogP) is 3.61. The lowest BCUT2D eigenvalue weighted by Crippen LogP contribution is -2.05. The number of anilines is 2. The monoisotopic (exact) mass is 281 g/mol. The molecule has 0 fully saturated rings. The molecule has 0 bridgehead atoms. The number of hydrogen-bond acceptors (Lipinski definition) is 3. The van der Waals surface area contributed by atoms with Gasteiger partial charge < -0.3 is 11.1 Å². The van der Waals surface area contributed by atoms with Crippen molar-refractivity contribution in [1.29, 1.82) is 0 Å². The Morgan fingerprint density at radius 1 is 1.00 bits per heavy atom. The number of halogens is 1. The molecule has 1 aromatic heterocycles. The van der Waals surface area contributed by atoms with E-state index in [1.54, 1.807) is 18.3 Å². The molecule has 0 aliphatic rings. The van der Waals surface area contributed by atoms with Gasteiger partial charge in [-0.2, -0.15) is 0 Å². The first-order chi connectivity index (χ1) is 10.2. The lowest BCUT2D eigenvalue weighted by atomic mass is 10.1. The van der Waals surface area contributed by atoms with Gasteiger partial charge in [-0.15, -0.1) is 0 Å². The molecule has 0 amide bonds. The van der Waals surface area contributed by atoms with Crippen LogP contribution in [0.3, 0.4) is 0 Å². The van der Waals surface area contributed by atoms with E-state index in [9.17, 15) is 4.39 Å². The fourth-order valence-electron chi connectivity index (χ4n) is 2.36. The van der Waals surface area contributed by atoms with Gasteiger partial charge in [-0.1, -0.05) is 12.1 Å². The summed E-state index contributed by atoms with van der Waals surface area (Å²) >= 11 is 0. The van der Waals surface area contributed by atoms with Crippen LogP contribution in [0.2, 0.25) is 0 Å². The van der Waals surface area contributed by atoms with Crippen LogP contribution >= 0.6 is 0 Å². The Balaban J connectivity index is 1.74. The van der Waals surface area contributed by atoms with Crippen LogP contribution in [-0.4, -0.2) is 11.5 Å². The number of nitrogens with two attached hydrogens (primary N) is 1. The van der Waals surface area contributed by atoms with Crippen molar-refractivity contribution in [3.8, 4) is 0 Å². The third-order valence-corrected chi connectivity index (χ3v) is 3.49. The molecule has 0 aliphatic carbocycles. The van der Waals surface area contributed by atoms with Crippen LogP contribution in [-0.2, 0) is 6.42 Å². The van der Waals surface area contributed by atoms with Gasteiger partial charge in [-0.3, -0.25) is 4.98 Å². The number of rotatable bonds is 4. The molecule has 3 aromatic rings. The molecule has 21 heavy (non-hydrogen) atoms. The molecule has 2 aromatic carbocycles. The Hall–Kier alpha value is -2.62. The number of fused-ring (bicyclic) bond motifs is 1. The van der Waals surface area contributed by atoms with Gasteiger partial charge in [0.25, 0.3) is 0 Å². The average molecular weight is 281 g/mol. The fourth-order valence-corrected chi connectivity index (χ4v) is 2.36. The van der Waals surface area contributed by atoms with Crippen LogP contribution < -0.4 is 11.1 Å². The van der Waals surface area contributed by atoms with Gasteiger partial charge in [0.15, 0.2) is 0 Å². The van der Waals surface area contributed by atoms with Gasteiger partial charge in [0.2, 0.25) is 0 Å². The van der Waals surface area contributed by atoms with Gasteiger partial charge in [0, 0.05) is 41.1 Å². The Labute approximate surface area is 122 Å². The highest BCUT2D eigenvalue weighted by Gasteiger charge is 2.03. The molecule has 106 valence electrons. The van der Waals surface area contributed by atoms with Gasteiger partial charge >= 0.3 is 0 Å². The molecule has 0 saturated heterocycles. The highest BCUT2D eigenvalue weighted by atomic mass is 19.1. The van der Waals surface area contributed by atoms with Crippen molar-refractivity contribution < 1.29 is 4.39 Å². The summed E-state index contributed by atoms with van der Waals surface area (Å²) < 4.78 is 12.9. The summed E-state index contributed by atoms with van der Waals surface area (Å²) in [6.07, 6.45) is 4.37. The summed E-state index contributed by atoms with van der Waals surface area (Å²) in [7, 11) is 0. The standard InChI is InChI=1S/C17H16FN3/c18-13-3-1-12(2-4-13)7-10-21-17-6-5-16(19)14-8-9-20-11-15(14)17/h1-6,8-9,11,21H,7,10,19H2. The van der Waals surface area contributed by atoms with E-state index < -0.39 is 0 Å². The smallest absolute Gasteiger partial charge is 0.123 e. The molecule has 3 rings (SSSR count). The SMILES string of the molecule is Nc1ccc(NCCc2ccc(F)cc2)c2cnccc12. The van der Waals surface area contributed by atoms with Crippen LogP contribution in [0.4, 0.5) is 15.8 Å². The fraction of sp³-hybridized carbons (Fsp3) is 0.118. The van der Waals surface area contributed by atoms with Gasteiger partial charge in [-0.25, -0.2) is 4.39 Å². The van der Waals surface area contributed by atoms with Crippen molar-refractivity contribution in [3.05, 3.63) is 66.2 Å². The van der Waals surface area contributed by atoms with Crippen LogP contribution in [0, 0.1) is 5.82 Å². The second-order valence-corrected chi connectivity index (χ2v) is 4.93. The van der Waals surface area contributed by atoms with E-state index in [0.29, 0.717) is 0 Å². The van der Waals surface area contributed by atoms with E-state index >= 15 is 0 Å². The molecular weight excluding hydrogens is 265 g/mol. The van der Waals surface area contributed by atoms with Crippen molar-refractivity contribution in [1.82, 2.24) is 4.98 Å². The summed E-state index contributed by atoms with van der Waals surface area (Å²) in [4.78, 5) is 4.15. The molecular formula is C17H16FN3. The van der Waals surface area contributed by atoms with E-state index in [1.165, 1.54) is 12.1 Å². The van der Waals surface area contributed by atoms with Gasteiger partial charge in [0.1, 0.15) is 5.82 Å². The van der Waals surface area contributed by atoms with Gasteiger partial charge in [0.05, 0.1) is 0 Å². The zero-order valence-electron chi connectivity index (χ0n) is 11.5. The summed E-state index contributed by atoms with van der Waals surface area (Å²) in [5.41, 5.74) is 8.82. The maximum atomic E-state index is 12.9. The Morgan fingerprint density at radius 2 is 1.81 bits per heavy atom. The number of pyridine rings is 1. The second-order valence-electron chi connectivity index (χ2n) is 4.93. The molecule has 0 atom stereocenters. The molecule has 3 N–H and O–H groups in total. The summed E-state index contributed by atoms with van der Waals surface area (Å²) in [6, 6.07) is 12.3. The minimum absolute atomic E-state index is 0.206. The molecule has 0 saturated carbocycles.